The fraction of sp³-hybridized carbons (Fsp3) is 0.185. The monoisotopic (exact) mass is 505 g/mol. The Kier molecular flexibility index (Phi) is 7.70. The van der Waals surface area contributed by atoms with Crippen LogP contribution in [-0.2, 0) is 27.4 Å². The molecule has 0 spiro atoms. The molecule has 1 N–H and O–H groups in total. The Labute approximate surface area is 211 Å². The molecule has 0 radical (unpaired) electrons. The summed E-state index contributed by atoms with van der Waals surface area (Å²) in [6, 6.07) is 22.5. The van der Waals surface area contributed by atoms with Crippen molar-refractivity contribution in [3.05, 3.63) is 95.6 Å². The van der Waals surface area contributed by atoms with Crippen molar-refractivity contribution >= 4 is 34.7 Å². The van der Waals surface area contributed by atoms with E-state index in [2.05, 4.69) is 5.32 Å². The number of imide groups is 1. The maximum absolute atomic E-state index is 13.0. The number of hydrogen-bond donors (Lipinski definition) is 1. The van der Waals surface area contributed by atoms with Crippen LogP contribution in [0.25, 0.3) is 0 Å². The number of methoxy groups -OCH3 is 1. The lowest BCUT2D eigenvalue weighted by Crippen LogP contribution is -2.46. The first-order valence-corrected chi connectivity index (χ1v) is 11.9. The minimum absolute atomic E-state index is 0.0163. The zero-order valence-corrected chi connectivity index (χ0v) is 20.2. The molecule has 1 fully saturated rings. The lowest BCUT2D eigenvalue weighted by Gasteiger charge is -2.22. The lowest BCUT2D eigenvalue weighted by atomic mass is 9.97. The molecule has 36 heavy (non-hydrogen) atoms. The van der Waals surface area contributed by atoms with E-state index >= 15 is 0 Å². The van der Waals surface area contributed by atoms with Crippen LogP contribution < -0.4 is 14.8 Å². The number of Topliss-reactive ketones (excluding diaryl/α,β-unsaturated/α-hetero) is 1. The van der Waals surface area contributed by atoms with Crippen LogP contribution >= 0.6 is 11.8 Å². The summed E-state index contributed by atoms with van der Waals surface area (Å²) in [5, 5.41) is 1.58. The van der Waals surface area contributed by atoms with Crippen LogP contribution in [0.3, 0.4) is 0 Å². The average Bonchev–Trinajstić information content (AvgIpc) is 3.20. The second-order valence-corrected chi connectivity index (χ2v) is 9.27. The Hall–Kier alpha value is -4.11. The zero-order chi connectivity index (χ0) is 25.5. The van der Waals surface area contributed by atoms with E-state index in [9.17, 15) is 19.2 Å². The van der Waals surface area contributed by atoms with Gasteiger partial charge in [-0.15, -0.1) is 0 Å². The predicted octanol–water partition coefficient (Wildman–Crippen LogP) is 3.96. The molecule has 0 aromatic heterocycles. The second kappa shape index (κ2) is 11.1. The fourth-order valence-electron chi connectivity index (χ4n) is 3.61. The van der Waals surface area contributed by atoms with E-state index in [1.807, 2.05) is 18.2 Å². The third-order valence-corrected chi connectivity index (χ3v) is 6.66. The molecule has 1 aliphatic rings. The number of esters is 1. The first-order valence-electron chi connectivity index (χ1n) is 11.0. The van der Waals surface area contributed by atoms with Crippen LogP contribution in [0.1, 0.15) is 21.5 Å². The van der Waals surface area contributed by atoms with E-state index in [4.69, 9.17) is 14.2 Å². The van der Waals surface area contributed by atoms with Gasteiger partial charge < -0.3 is 14.2 Å². The molecule has 1 atom stereocenters. The van der Waals surface area contributed by atoms with Crippen LogP contribution in [0, 0.1) is 0 Å². The van der Waals surface area contributed by atoms with Gasteiger partial charge in [0.25, 0.3) is 11.1 Å². The van der Waals surface area contributed by atoms with Gasteiger partial charge in [0.05, 0.1) is 7.11 Å². The second-order valence-electron chi connectivity index (χ2n) is 8.00. The summed E-state index contributed by atoms with van der Waals surface area (Å²) in [4.78, 5) is 50.0. The van der Waals surface area contributed by atoms with Crippen molar-refractivity contribution in [3.8, 4) is 11.5 Å². The third kappa shape index (κ3) is 5.75. The number of carbonyl (C=O) groups is 4. The van der Waals surface area contributed by atoms with E-state index in [1.165, 1.54) is 7.11 Å². The van der Waals surface area contributed by atoms with Crippen molar-refractivity contribution in [1.82, 2.24) is 5.32 Å². The van der Waals surface area contributed by atoms with E-state index < -0.39 is 21.9 Å². The average molecular weight is 506 g/mol. The Morgan fingerprint density at radius 2 is 1.64 bits per heavy atom. The largest absolute Gasteiger partial charge is 0.497 e. The molecule has 4 rings (SSSR count). The molecule has 1 unspecified atom stereocenters. The van der Waals surface area contributed by atoms with E-state index in [-0.39, 0.29) is 25.4 Å². The molecule has 1 saturated heterocycles. The molecular weight excluding hydrogens is 482 g/mol. The normalized spacial score (nSPS) is 16.8. The van der Waals surface area contributed by atoms with Crippen LogP contribution in [0.15, 0.2) is 78.9 Å². The van der Waals surface area contributed by atoms with Gasteiger partial charge in [0.15, 0.2) is 12.4 Å². The highest BCUT2D eigenvalue weighted by molar-refractivity contribution is 8.16. The molecule has 0 saturated carbocycles. The van der Waals surface area contributed by atoms with Gasteiger partial charge >= 0.3 is 5.97 Å². The van der Waals surface area contributed by atoms with Gasteiger partial charge in [0.2, 0.25) is 4.75 Å². The topological polar surface area (TPSA) is 108 Å². The number of benzene rings is 3. The van der Waals surface area contributed by atoms with E-state index in [0.29, 0.717) is 34.4 Å². The SMILES string of the molecule is COc1cccc(C(=O)COc2ccc(CC3(C(=O)OCc4ccccc4)SC(=O)NC3=O)cc2)c1. The summed E-state index contributed by atoms with van der Waals surface area (Å²) in [5.74, 6) is -0.691. The van der Waals surface area contributed by atoms with E-state index in [1.54, 1.807) is 60.7 Å². The summed E-state index contributed by atoms with van der Waals surface area (Å²) in [6.07, 6.45) is -0.0497. The first kappa shape index (κ1) is 25.0. The zero-order valence-electron chi connectivity index (χ0n) is 19.4. The standard InChI is InChI=1S/C27H23NO7S/c1-33-22-9-5-8-20(14-22)23(29)17-34-21-12-10-18(11-13-21)15-27(24(30)28-26(32)36-27)25(31)35-16-19-6-3-2-4-7-19/h2-14H,15-17H2,1H3,(H,28,30,32). The van der Waals surface area contributed by atoms with Crippen LogP contribution in [0.5, 0.6) is 11.5 Å². The van der Waals surface area contributed by atoms with Gasteiger partial charge in [0, 0.05) is 12.0 Å². The quantitative estimate of drug-likeness (QED) is 0.251. The highest BCUT2D eigenvalue weighted by Crippen LogP contribution is 2.37. The molecule has 1 aliphatic heterocycles. The molecule has 3 aromatic rings. The lowest BCUT2D eigenvalue weighted by molar-refractivity contribution is -0.150. The Bertz CT molecular complexity index is 1280. The molecular formula is C27H23NO7S. The predicted molar refractivity (Wildman–Crippen MR) is 133 cm³/mol. The number of hydrogen-bond acceptors (Lipinski definition) is 8. The summed E-state index contributed by atoms with van der Waals surface area (Å²) < 4.78 is 14.4. The number of rotatable bonds is 10. The summed E-state index contributed by atoms with van der Waals surface area (Å²) in [5.41, 5.74) is 1.85. The summed E-state index contributed by atoms with van der Waals surface area (Å²) in [6.45, 7) is -0.188. The van der Waals surface area contributed by atoms with Crippen molar-refractivity contribution < 1.29 is 33.4 Å². The minimum Gasteiger partial charge on any atom is -0.497 e. The molecule has 0 bridgehead atoms. The number of ether oxygens (including phenoxy) is 3. The van der Waals surface area contributed by atoms with Crippen LogP contribution in [-0.4, -0.2) is 41.4 Å². The van der Waals surface area contributed by atoms with Crippen LogP contribution in [0.2, 0.25) is 0 Å². The van der Waals surface area contributed by atoms with Gasteiger partial charge in [-0.2, -0.15) is 0 Å². The number of carbonyl (C=O) groups excluding carboxylic acids is 4. The van der Waals surface area contributed by atoms with Crippen molar-refractivity contribution in [2.24, 2.45) is 0 Å². The maximum Gasteiger partial charge on any atom is 0.333 e. The first-order chi connectivity index (χ1) is 17.4. The highest BCUT2D eigenvalue weighted by Gasteiger charge is 2.55. The van der Waals surface area contributed by atoms with Crippen molar-refractivity contribution in [2.45, 2.75) is 17.8 Å². The fourth-order valence-corrected chi connectivity index (χ4v) is 4.59. The van der Waals surface area contributed by atoms with Crippen LogP contribution in [0.4, 0.5) is 4.79 Å². The number of ketones is 1. The van der Waals surface area contributed by atoms with Gasteiger partial charge in [0.1, 0.15) is 18.1 Å². The van der Waals surface area contributed by atoms with Crippen molar-refractivity contribution in [2.75, 3.05) is 13.7 Å². The number of nitrogens with one attached hydrogen (secondary N) is 1. The summed E-state index contributed by atoms with van der Waals surface area (Å²) >= 11 is 0.618. The van der Waals surface area contributed by atoms with Gasteiger partial charge in [-0.1, -0.05) is 54.6 Å². The smallest absolute Gasteiger partial charge is 0.333 e. The van der Waals surface area contributed by atoms with Gasteiger partial charge in [-0.05, 0) is 47.2 Å². The number of thioether (sulfide) groups is 1. The molecule has 3 aromatic carbocycles. The van der Waals surface area contributed by atoms with Gasteiger partial charge in [-0.25, -0.2) is 4.79 Å². The maximum atomic E-state index is 13.0. The third-order valence-electron chi connectivity index (χ3n) is 5.53. The minimum atomic E-state index is -1.73. The molecule has 1 heterocycles. The Morgan fingerprint density at radius 3 is 2.31 bits per heavy atom. The Morgan fingerprint density at radius 1 is 0.889 bits per heavy atom. The molecule has 2 amide bonds. The van der Waals surface area contributed by atoms with E-state index in [0.717, 1.165) is 5.56 Å². The molecule has 9 heteroatoms. The summed E-state index contributed by atoms with van der Waals surface area (Å²) in [7, 11) is 1.53. The molecule has 8 nitrogen and oxygen atoms in total. The van der Waals surface area contributed by atoms with Crippen molar-refractivity contribution in [3.63, 3.8) is 0 Å². The molecule has 184 valence electrons. The highest BCUT2D eigenvalue weighted by atomic mass is 32.2. The van der Waals surface area contributed by atoms with Crippen molar-refractivity contribution in [1.29, 1.82) is 0 Å². The Balaban J connectivity index is 1.41. The van der Waals surface area contributed by atoms with Gasteiger partial charge in [-0.3, -0.25) is 19.7 Å². The molecule has 0 aliphatic carbocycles. The number of amides is 2.